The van der Waals surface area contributed by atoms with Crippen molar-refractivity contribution in [3.63, 3.8) is 0 Å². The van der Waals surface area contributed by atoms with Gasteiger partial charge in [-0.1, -0.05) is 48.5 Å². The molecule has 0 N–H and O–H groups in total. The summed E-state index contributed by atoms with van der Waals surface area (Å²) in [5.41, 5.74) is 1.88. The molecule has 1 atom stereocenters. The molecule has 0 radical (unpaired) electrons. The zero-order valence-corrected chi connectivity index (χ0v) is 19.3. The Morgan fingerprint density at radius 3 is 2.62 bits per heavy atom. The monoisotopic (exact) mass is 472 g/mol. The Balaban J connectivity index is 1.73. The van der Waals surface area contributed by atoms with Crippen molar-refractivity contribution in [2.75, 3.05) is 7.11 Å². The highest BCUT2D eigenvalue weighted by molar-refractivity contribution is 8.18. The SMILES string of the molecule is COC(=O)[C@H](C)N1C(=O)S/C(=C/c2c(OCc3ccccc3C#N)ccc3ccccc23)C1=O. The van der Waals surface area contributed by atoms with Gasteiger partial charge in [0.2, 0.25) is 0 Å². The van der Waals surface area contributed by atoms with Crippen LogP contribution in [0.1, 0.15) is 23.6 Å². The summed E-state index contributed by atoms with van der Waals surface area (Å²) >= 11 is 0.763. The smallest absolute Gasteiger partial charge is 0.328 e. The Bertz CT molecular complexity index is 1380. The predicted octanol–water partition coefficient (Wildman–Crippen LogP) is 4.89. The normalized spacial score (nSPS) is 15.4. The van der Waals surface area contributed by atoms with Crippen LogP contribution < -0.4 is 4.74 Å². The maximum Gasteiger partial charge on any atom is 0.328 e. The molecule has 1 fully saturated rings. The zero-order chi connectivity index (χ0) is 24.2. The van der Waals surface area contributed by atoms with E-state index in [-0.39, 0.29) is 11.5 Å². The molecular formula is C26H20N2O5S. The fraction of sp³-hybridized carbons (Fsp3) is 0.154. The van der Waals surface area contributed by atoms with E-state index >= 15 is 0 Å². The molecule has 3 aromatic rings. The number of fused-ring (bicyclic) bond motifs is 1. The number of methoxy groups -OCH3 is 1. The lowest BCUT2D eigenvalue weighted by molar-refractivity contribution is -0.148. The van der Waals surface area contributed by atoms with Crippen LogP contribution in [0.5, 0.6) is 5.75 Å². The maximum atomic E-state index is 13.0. The van der Waals surface area contributed by atoms with Crippen molar-refractivity contribution in [2.24, 2.45) is 0 Å². The molecule has 0 aliphatic carbocycles. The summed E-state index contributed by atoms with van der Waals surface area (Å²) in [7, 11) is 1.21. The molecule has 0 unspecified atom stereocenters. The molecule has 8 heteroatoms. The van der Waals surface area contributed by atoms with Crippen LogP contribution in [0.3, 0.4) is 0 Å². The van der Waals surface area contributed by atoms with E-state index in [4.69, 9.17) is 4.74 Å². The van der Waals surface area contributed by atoms with Gasteiger partial charge in [-0.05, 0) is 47.7 Å². The summed E-state index contributed by atoms with van der Waals surface area (Å²) in [5, 5.41) is 10.6. The van der Waals surface area contributed by atoms with E-state index in [1.165, 1.54) is 14.0 Å². The minimum Gasteiger partial charge on any atom is -0.488 e. The summed E-state index contributed by atoms with van der Waals surface area (Å²) in [6.07, 6.45) is 1.61. The van der Waals surface area contributed by atoms with Gasteiger partial charge >= 0.3 is 5.97 Å². The lowest BCUT2D eigenvalue weighted by atomic mass is 10.0. The Hall–Kier alpha value is -4.09. The molecule has 2 amide bonds. The van der Waals surface area contributed by atoms with Gasteiger partial charge in [-0.25, -0.2) is 4.79 Å². The molecule has 7 nitrogen and oxygen atoms in total. The number of nitriles is 1. The third-order valence-electron chi connectivity index (χ3n) is 5.48. The number of imide groups is 1. The summed E-state index contributed by atoms with van der Waals surface area (Å²) in [6.45, 7) is 1.61. The first kappa shape index (κ1) is 23.1. The van der Waals surface area contributed by atoms with E-state index < -0.39 is 23.2 Å². The molecule has 0 spiro atoms. The number of hydrogen-bond donors (Lipinski definition) is 0. The van der Waals surface area contributed by atoms with Gasteiger partial charge in [0.05, 0.1) is 23.6 Å². The van der Waals surface area contributed by atoms with Gasteiger partial charge < -0.3 is 9.47 Å². The first-order valence-corrected chi connectivity index (χ1v) is 11.2. The predicted molar refractivity (Wildman–Crippen MR) is 129 cm³/mol. The summed E-state index contributed by atoms with van der Waals surface area (Å²) in [5.74, 6) is -0.741. The first-order valence-electron chi connectivity index (χ1n) is 10.4. The number of carbonyl (C=O) groups is 3. The van der Waals surface area contributed by atoms with Gasteiger partial charge in [-0.2, -0.15) is 5.26 Å². The number of amides is 2. The number of rotatable bonds is 6. The Labute approximate surface area is 200 Å². The van der Waals surface area contributed by atoms with Crippen LogP contribution in [-0.2, 0) is 20.9 Å². The molecule has 0 saturated carbocycles. The zero-order valence-electron chi connectivity index (χ0n) is 18.5. The molecule has 4 rings (SSSR count). The minimum absolute atomic E-state index is 0.157. The highest BCUT2D eigenvalue weighted by Gasteiger charge is 2.41. The second-order valence-electron chi connectivity index (χ2n) is 7.51. The lowest BCUT2D eigenvalue weighted by Crippen LogP contribution is -2.42. The van der Waals surface area contributed by atoms with Gasteiger partial charge in [-0.15, -0.1) is 0 Å². The van der Waals surface area contributed by atoms with Crippen molar-refractivity contribution in [2.45, 2.75) is 19.6 Å². The van der Waals surface area contributed by atoms with Crippen LogP contribution in [0.25, 0.3) is 16.8 Å². The van der Waals surface area contributed by atoms with Gasteiger partial charge in [0, 0.05) is 11.1 Å². The molecular weight excluding hydrogens is 452 g/mol. The number of thioether (sulfide) groups is 1. The second kappa shape index (κ2) is 9.81. The standard InChI is InChI=1S/C26H20N2O5S/c1-16(25(30)32-2)28-24(29)23(34-26(28)31)13-21-20-10-6-5-7-17(20)11-12-22(21)33-15-19-9-4-3-8-18(19)14-27/h3-13,16H,15H2,1-2H3/b23-13+/t16-/m0/s1. The van der Waals surface area contributed by atoms with Crippen LogP contribution >= 0.6 is 11.8 Å². The molecule has 0 bridgehead atoms. The molecule has 170 valence electrons. The number of benzene rings is 3. The summed E-state index contributed by atoms with van der Waals surface area (Å²) < 4.78 is 10.8. The van der Waals surface area contributed by atoms with Crippen molar-refractivity contribution in [3.05, 3.63) is 82.3 Å². The van der Waals surface area contributed by atoms with Crippen molar-refractivity contribution in [3.8, 4) is 11.8 Å². The fourth-order valence-corrected chi connectivity index (χ4v) is 4.57. The molecule has 1 saturated heterocycles. The molecule has 1 aliphatic heterocycles. The van der Waals surface area contributed by atoms with Gasteiger partial charge in [-0.3, -0.25) is 14.5 Å². The quantitative estimate of drug-likeness (QED) is 0.372. The third-order valence-corrected chi connectivity index (χ3v) is 6.36. The highest BCUT2D eigenvalue weighted by Crippen LogP contribution is 2.38. The van der Waals surface area contributed by atoms with Crippen LogP contribution in [-0.4, -0.2) is 35.2 Å². The molecule has 3 aromatic carbocycles. The molecule has 34 heavy (non-hydrogen) atoms. The van der Waals surface area contributed by atoms with Crippen molar-refractivity contribution in [1.29, 1.82) is 5.26 Å². The second-order valence-corrected chi connectivity index (χ2v) is 8.50. The van der Waals surface area contributed by atoms with Crippen LogP contribution in [0.2, 0.25) is 0 Å². The maximum absolute atomic E-state index is 13.0. The van der Waals surface area contributed by atoms with E-state index in [0.29, 0.717) is 16.9 Å². The van der Waals surface area contributed by atoms with Gasteiger partial charge in [0.15, 0.2) is 0 Å². The highest BCUT2D eigenvalue weighted by atomic mass is 32.2. The van der Waals surface area contributed by atoms with E-state index in [9.17, 15) is 19.6 Å². The molecule has 0 aromatic heterocycles. The van der Waals surface area contributed by atoms with Gasteiger partial charge in [0.1, 0.15) is 18.4 Å². The summed E-state index contributed by atoms with van der Waals surface area (Å²) in [4.78, 5) is 38.6. The van der Waals surface area contributed by atoms with Crippen LogP contribution in [0.15, 0.2) is 65.6 Å². The minimum atomic E-state index is -1.03. The fourth-order valence-electron chi connectivity index (χ4n) is 3.68. The van der Waals surface area contributed by atoms with E-state index in [1.54, 1.807) is 24.3 Å². The molecule has 1 heterocycles. The van der Waals surface area contributed by atoms with Crippen molar-refractivity contribution in [1.82, 2.24) is 4.90 Å². The Kier molecular flexibility index (Phi) is 6.66. The molecule has 1 aliphatic rings. The van der Waals surface area contributed by atoms with Gasteiger partial charge in [0.25, 0.3) is 11.1 Å². The van der Waals surface area contributed by atoms with Crippen LogP contribution in [0.4, 0.5) is 4.79 Å². The van der Waals surface area contributed by atoms with Crippen molar-refractivity contribution >= 4 is 45.7 Å². The number of carbonyl (C=O) groups excluding carboxylic acids is 3. The van der Waals surface area contributed by atoms with Crippen molar-refractivity contribution < 1.29 is 23.9 Å². The summed E-state index contributed by atoms with van der Waals surface area (Å²) in [6, 6.07) is 19.6. The largest absolute Gasteiger partial charge is 0.488 e. The lowest BCUT2D eigenvalue weighted by Gasteiger charge is -2.18. The number of esters is 1. The topological polar surface area (TPSA) is 96.7 Å². The Morgan fingerprint density at radius 1 is 1.12 bits per heavy atom. The van der Waals surface area contributed by atoms with E-state index in [2.05, 4.69) is 10.8 Å². The van der Waals surface area contributed by atoms with Crippen LogP contribution in [0, 0.1) is 11.3 Å². The number of nitrogens with zero attached hydrogens (tertiary/aromatic N) is 2. The average molecular weight is 473 g/mol. The number of hydrogen-bond acceptors (Lipinski definition) is 7. The average Bonchev–Trinajstić information content (AvgIpc) is 3.14. The van der Waals surface area contributed by atoms with E-state index in [1.807, 2.05) is 42.5 Å². The Morgan fingerprint density at radius 2 is 1.85 bits per heavy atom. The van der Waals surface area contributed by atoms with E-state index in [0.717, 1.165) is 33.0 Å². The first-order chi connectivity index (χ1) is 16.4. The number of ether oxygens (including phenoxy) is 2. The third kappa shape index (κ3) is 4.38.